The van der Waals surface area contributed by atoms with Crippen molar-refractivity contribution in [2.75, 3.05) is 11.9 Å². The zero-order valence-corrected chi connectivity index (χ0v) is 13.8. The summed E-state index contributed by atoms with van der Waals surface area (Å²) in [6, 6.07) is 4.10. The van der Waals surface area contributed by atoms with Gasteiger partial charge in [0, 0.05) is 23.2 Å². The molecule has 0 bridgehead atoms. The van der Waals surface area contributed by atoms with Crippen LogP contribution in [0.1, 0.15) is 38.3 Å². The van der Waals surface area contributed by atoms with E-state index < -0.39 is 5.60 Å². The van der Waals surface area contributed by atoms with Gasteiger partial charge < -0.3 is 15.4 Å². The van der Waals surface area contributed by atoms with E-state index >= 15 is 0 Å². The van der Waals surface area contributed by atoms with Crippen LogP contribution in [-0.2, 0) is 17.7 Å². The number of rotatable bonds is 2. The van der Waals surface area contributed by atoms with Crippen LogP contribution in [0.2, 0.25) is 0 Å². The second-order valence-corrected chi connectivity index (χ2v) is 6.74. The Bertz CT molecular complexity index is 509. The van der Waals surface area contributed by atoms with Gasteiger partial charge in [0.05, 0.1) is 0 Å². The lowest BCUT2D eigenvalue weighted by Gasteiger charge is -2.22. The molecule has 1 aromatic carbocycles. The standard InChI is InChI=1S/C15H21BrN2O2/c1-15(2,3)20-14(19)18-9-10-6-7-12-11(13(10)16)5-4-8-17-12/h6-7,17H,4-5,8-9H2,1-3H3,(H,18,19). The van der Waals surface area contributed by atoms with E-state index in [-0.39, 0.29) is 6.09 Å². The van der Waals surface area contributed by atoms with E-state index in [1.54, 1.807) is 0 Å². The molecule has 0 aromatic heterocycles. The number of benzene rings is 1. The molecular weight excluding hydrogens is 320 g/mol. The number of halogens is 1. The molecule has 0 unspecified atom stereocenters. The van der Waals surface area contributed by atoms with Gasteiger partial charge in [-0.3, -0.25) is 0 Å². The highest BCUT2D eigenvalue weighted by Crippen LogP contribution is 2.32. The molecule has 20 heavy (non-hydrogen) atoms. The number of ether oxygens (including phenoxy) is 1. The summed E-state index contributed by atoms with van der Waals surface area (Å²) in [7, 11) is 0. The average Bonchev–Trinajstić information content (AvgIpc) is 2.36. The lowest BCUT2D eigenvalue weighted by atomic mass is 10.0. The molecule has 0 radical (unpaired) electrons. The third-order valence-corrected chi connectivity index (χ3v) is 4.05. The van der Waals surface area contributed by atoms with Gasteiger partial charge in [-0.05, 0) is 50.8 Å². The summed E-state index contributed by atoms with van der Waals surface area (Å²) >= 11 is 3.65. The Balaban J connectivity index is 2.02. The molecule has 5 heteroatoms. The van der Waals surface area contributed by atoms with Gasteiger partial charge in [-0.1, -0.05) is 22.0 Å². The van der Waals surface area contributed by atoms with Gasteiger partial charge in [0.1, 0.15) is 5.60 Å². The fraction of sp³-hybridized carbons (Fsp3) is 0.533. The number of hydrogen-bond donors (Lipinski definition) is 2. The largest absolute Gasteiger partial charge is 0.444 e. The van der Waals surface area contributed by atoms with Crippen molar-refractivity contribution < 1.29 is 9.53 Å². The number of carbonyl (C=O) groups excluding carboxylic acids is 1. The van der Waals surface area contributed by atoms with Gasteiger partial charge in [0.2, 0.25) is 0 Å². The molecule has 0 atom stereocenters. The Morgan fingerprint density at radius 3 is 2.90 bits per heavy atom. The Morgan fingerprint density at radius 1 is 1.45 bits per heavy atom. The summed E-state index contributed by atoms with van der Waals surface area (Å²) in [5.41, 5.74) is 3.07. The van der Waals surface area contributed by atoms with Crippen molar-refractivity contribution in [3.8, 4) is 0 Å². The number of nitrogens with one attached hydrogen (secondary N) is 2. The molecule has 0 saturated heterocycles. The topological polar surface area (TPSA) is 50.4 Å². The first-order chi connectivity index (χ1) is 9.37. The quantitative estimate of drug-likeness (QED) is 0.860. The maximum absolute atomic E-state index is 11.7. The van der Waals surface area contributed by atoms with Crippen molar-refractivity contribution >= 4 is 27.7 Å². The number of alkyl carbamates (subject to hydrolysis) is 1. The Hall–Kier alpha value is -1.23. The van der Waals surface area contributed by atoms with Gasteiger partial charge in [0.25, 0.3) is 0 Å². The lowest BCUT2D eigenvalue weighted by molar-refractivity contribution is 0.0523. The molecule has 1 heterocycles. The zero-order valence-electron chi connectivity index (χ0n) is 12.2. The molecular formula is C15H21BrN2O2. The Kier molecular flexibility index (Phi) is 4.58. The van der Waals surface area contributed by atoms with Crippen LogP contribution >= 0.6 is 15.9 Å². The molecule has 4 nitrogen and oxygen atoms in total. The monoisotopic (exact) mass is 340 g/mol. The van der Waals surface area contributed by atoms with E-state index in [4.69, 9.17) is 4.74 Å². The fourth-order valence-electron chi connectivity index (χ4n) is 2.19. The van der Waals surface area contributed by atoms with Crippen LogP contribution < -0.4 is 10.6 Å². The summed E-state index contributed by atoms with van der Waals surface area (Å²) in [6.07, 6.45) is 1.80. The van der Waals surface area contributed by atoms with E-state index in [9.17, 15) is 4.79 Å². The van der Waals surface area contributed by atoms with Crippen molar-refractivity contribution in [2.24, 2.45) is 0 Å². The molecule has 0 fully saturated rings. The first-order valence-electron chi connectivity index (χ1n) is 6.88. The van der Waals surface area contributed by atoms with Gasteiger partial charge in [-0.25, -0.2) is 4.79 Å². The van der Waals surface area contributed by atoms with Crippen molar-refractivity contribution in [3.63, 3.8) is 0 Å². The zero-order chi connectivity index (χ0) is 14.8. The van der Waals surface area contributed by atoms with Crippen LogP contribution in [0.15, 0.2) is 16.6 Å². The average molecular weight is 341 g/mol. The van der Waals surface area contributed by atoms with Crippen LogP contribution in [0.4, 0.5) is 10.5 Å². The molecule has 0 spiro atoms. The molecule has 110 valence electrons. The second kappa shape index (κ2) is 6.04. The van der Waals surface area contributed by atoms with Crippen molar-refractivity contribution in [1.82, 2.24) is 5.32 Å². The van der Waals surface area contributed by atoms with Crippen molar-refractivity contribution in [2.45, 2.75) is 45.8 Å². The lowest BCUT2D eigenvalue weighted by Crippen LogP contribution is -2.32. The van der Waals surface area contributed by atoms with Crippen LogP contribution in [0.25, 0.3) is 0 Å². The maximum atomic E-state index is 11.7. The van der Waals surface area contributed by atoms with Gasteiger partial charge in [-0.2, -0.15) is 0 Å². The minimum Gasteiger partial charge on any atom is -0.444 e. The van der Waals surface area contributed by atoms with Gasteiger partial charge in [0.15, 0.2) is 0 Å². The summed E-state index contributed by atoms with van der Waals surface area (Å²) in [5.74, 6) is 0. The third-order valence-electron chi connectivity index (χ3n) is 3.06. The number of hydrogen-bond acceptors (Lipinski definition) is 3. The molecule has 2 N–H and O–H groups in total. The van der Waals surface area contributed by atoms with Crippen molar-refractivity contribution in [1.29, 1.82) is 0 Å². The normalized spacial score (nSPS) is 14.2. The third kappa shape index (κ3) is 3.88. The highest BCUT2D eigenvalue weighted by Gasteiger charge is 2.18. The molecule has 1 aromatic rings. The van der Waals surface area contributed by atoms with E-state index in [0.29, 0.717) is 6.54 Å². The first kappa shape index (κ1) is 15.2. The van der Waals surface area contributed by atoms with Crippen LogP contribution in [-0.4, -0.2) is 18.2 Å². The predicted octanol–water partition coefficient (Wildman–Crippen LogP) is 3.83. The van der Waals surface area contributed by atoms with E-state index in [0.717, 1.165) is 29.4 Å². The Labute approximate surface area is 128 Å². The SMILES string of the molecule is CC(C)(C)OC(=O)NCc1ccc2c(c1Br)CCCN2. The van der Waals surface area contributed by atoms with Crippen LogP contribution in [0.5, 0.6) is 0 Å². The second-order valence-electron chi connectivity index (χ2n) is 5.95. The number of amides is 1. The molecule has 1 aliphatic rings. The first-order valence-corrected chi connectivity index (χ1v) is 7.67. The van der Waals surface area contributed by atoms with Gasteiger partial charge >= 0.3 is 6.09 Å². The summed E-state index contributed by atoms with van der Waals surface area (Å²) in [6.45, 7) is 7.05. The number of anilines is 1. The fourth-order valence-corrected chi connectivity index (χ4v) is 2.87. The summed E-state index contributed by atoms with van der Waals surface area (Å²) in [4.78, 5) is 11.7. The highest BCUT2D eigenvalue weighted by molar-refractivity contribution is 9.10. The van der Waals surface area contributed by atoms with Crippen LogP contribution in [0, 0.1) is 0 Å². The number of carbonyl (C=O) groups is 1. The van der Waals surface area contributed by atoms with E-state index in [1.807, 2.05) is 26.8 Å². The highest BCUT2D eigenvalue weighted by atomic mass is 79.9. The molecule has 2 rings (SSSR count). The maximum Gasteiger partial charge on any atom is 0.407 e. The smallest absolute Gasteiger partial charge is 0.407 e. The molecule has 1 aliphatic heterocycles. The number of fused-ring (bicyclic) bond motifs is 1. The van der Waals surface area contributed by atoms with E-state index in [2.05, 4.69) is 32.6 Å². The minimum atomic E-state index is -0.471. The van der Waals surface area contributed by atoms with Crippen molar-refractivity contribution in [3.05, 3.63) is 27.7 Å². The summed E-state index contributed by atoms with van der Waals surface area (Å²) in [5, 5.41) is 6.18. The van der Waals surface area contributed by atoms with E-state index in [1.165, 1.54) is 11.3 Å². The molecule has 0 aliphatic carbocycles. The molecule has 0 saturated carbocycles. The van der Waals surface area contributed by atoms with Crippen LogP contribution in [0.3, 0.4) is 0 Å². The Morgan fingerprint density at radius 2 is 2.20 bits per heavy atom. The summed E-state index contributed by atoms with van der Waals surface area (Å²) < 4.78 is 6.32. The predicted molar refractivity (Wildman–Crippen MR) is 84.0 cm³/mol. The minimum absolute atomic E-state index is 0.389. The van der Waals surface area contributed by atoms with Gasteiger partial charge in [-0.15, -0.1) is 0 Å². The molecule has 1 amide bonds.